The molecule has 0 fully saturated rings. The van der Waals surface area contributed by atoms with E-state index in [1.165, 1.54) is 0 Å². The van der Waals surface area contributed by atoms with Crippen molar-refractivity contribution >= 4 is 6.03 Å². The zero-order valence-electron chi connectivity index (χ0n) is 12.1. The van der Waals surface area contributed by atoms with Crippen molar-refractivity contribution in [3.8, 4) is 0 Å². The highest BCUT2D eigenvalue weighted by molar-refractivity contribution is 5.74. The summed E-state index contributed by atoms with van der Waals surface area (Å²) in [5.74, 6) is 0. The summed E-state index contributed by atoms with van der Waals surface area (Å²) in [6.07, 6.45) is 1.03. The fraction of sp³-hybridized carbons (Fsp3) is 0.923. The molecule has 102 valence electrons. The topological polar surface area (TPSA) is 50.4 Å². The molecule has 2 amide bonds. The summed E-state index contributed by atoms with van der Waals surface area (Å²) in [7, 11) is 0. The van der Waals surface area contributed by atoms with Gasteiger partial charge in [-0.25, -0.2) is 4.79 Å². The van der Waals surface area contributed by atoms with Crippen LogP contribution in [0.15, 0.2) is 0 Å². The SMILES string of the molecule is CC(C)(C)CCOCCNC(=O)NC(C)(C)C. The van der Waals surface area contributed by atoms with Gasteiger partial charge in [-0.2, -0.15) is 0 Å². The largest absolute Gasteiger partial charge is 0.380 e. The van der Waals surface area contributed by atoms with E-state index < -0.39 is 0 Å². The van der Waals surface area contributed by atoms with Crippen LogP contribution >= 0.6 is 0 Å². The van der Waals surface area contributed by atoms with E-state index in [1.54, 1.807) is 0 Å². The average molecular weight is 244 g/mol. The van der Waals surface area contributed by atoms with Crippen LogP contribution in [0.3, 0.4) is 0 Å². The summed E-state index contributed by atoms with van der Waals surface area (Å²) in [5, 5.41) is 5.59. The Hall–Kier alpha value is -0.770. The van der Waals surface area contributed by atoms with E-state index in [0.29, 0.717) is 18.6 Å². The molecule has 0 unspecified atom stereocenters. The van der Waals surface area contributed by atoms with Crippen LogP contribution in [-0.4, -0.2) is 31.3 Å². The number of carbonyl (C=O) groups excluding carboxylic acids is 1. The number of ether oxygens (including phenoxy) is 1. The van der Waals surface area contributed by atoms with Gasteiger partial charge in [-0.05, 0) is 32.6 Å². The highest BCUT2D eigenvalue weighted by Crippen LogP contribution is 2.17. The Labute approximate surface area is 105 Å². The van der Waals surface area contributed by atoms with Crippen LogP contribution in [0.5, 0.6) is 0 Å². The van der Waals surface area contributed by atoms with Gasteiger partial charge >= 0.3 is 6.03 Å². The standard InChI is InChI=1S/C13H28N2O2/c1-12(2,3)7-9-17-10-8-14-11(16)15-13(4,5)6/h7-10H2,1-6H3,(H2,14,15,16). The molecule has 2 N–H and O–H groups in total. The fourth-order valence-electron chi connectivity index (χ4n) is 1.10. The number of rotatable bonds is 5. The van der Waals surface area contributed by atoms with E-state index in [2.05, 4.69) is 31.4 Å². The maximum Gasteiger partial charge on any atom is 0.315 e. The molecule has 0 radical (unpaired) electrons. The second-order valence-electron chi connectivity index (χ2n) is 6.55. The molecule has 17 heavy (non-hydrogen) atoms. The van der Waals surface area contributed by atoms with Gasteiger partial charge in [0.15, 0.2) is 0 Å². The number of urea groups is 1. The Morgan fingerprint density at radius 1 is 1.06 bits per heavy atom. The Balaban J connectivity index is 3.44. The second kappa shape index (κ2) is 6.84. The van der Waals surface area contributed by atoms with E-state index in [-0.39, 0.29) is 11.6 Å². The first-order valence-corrected chi connectivity index (χ1v) is 6.24. The van der Waals surface area contributed by atoms with Crippen molar-refractivity contribution in [1.82, 2.24) is 10.6 Å². The molecule has 0 spiro atoms. The first-order valence-electron chi connectivity index (χ1n) is 6.24. The second-order valence-corrected chi connectivity index (χ2v) is 6.55. The Bertz CT molecular complexity index is 227. The molecule has 0 saturated carbocycles. The third kappa shape index (κ3) is 13.2. The van der Waals surface area contributed by atoms with Gasteiger partial charge in [0.2, 0.25) is 0 Å². The maximum atomic E-state index is 11.4. The van der Waals surface area contributed by atoms with Gasteiger partial charge in [0.25, 0.3) is 0 Å². The highest BCUT2D eigenvalue weighted by Gasteiger charge is 2.12. The Kier molecular flexibility index (Phi) is 6.53. The fourth-order valence-corrected chi connectivity index (χ4v) is 1.10. The van der Waals surface area contributed by atoms with Crippen LogP contribution < -0.4 is 10.6 Å². The lowest BCUT2D eigenvalue weighted by atomic mass is 9.93. The van der Waals surface area contributed by atoms with Gasteiger partial charge in [-0.3, -0.25) is 0 Å². The molecule has 4 nitrogen and oxygen atoms in total. The van der Waals surface area contributed by atoms with Crippen molar-refractivity contribution in [1.29, 1.82) is 0 Å². The minimum atomic E-state index is -0.197. The molecule has 0 saturated heterocycles. The third-order valence-electron chi connectivity index (χ3n) is 2.02. The van der Waals surface area contributed by atoms with Crippen LogP contribution in [0.4, 0.5) is 4.79 Å². The van der Waals surface area contributed by atoms with Gasteiger partial charge in [0.05, 0.1) is 6.61 Å². The van der Waals surface area contributed by atoms with Crippen LogP contribution in [0.25, 0.3) is 0 Å². The first-order chi connectivity index (χ1) is 7.60. The molecule has 4 heteroatoms. The highest BCUT2D eigenvalue weighted by atomic mass is 16.5. The summed E-state index contributed by atoms with van der Waals surface area (Å²) in [4.78, 5) is 11.4. The van der Waals surface area contributed by atoms with Crippen molar-refractivity contribution in [3.63, 3.8) is 0 Å². The van der Waals surface area contributed by atoms with Crippen LogP contribution in [0, 0.1) is 5.41 Å². The molecular weight excluding hydrogens is 216 g/mol. The number of hydrogen-bond acceptors (Lipinski definition) is 2. The Morgan fingerprint density at radius 3 is 2.12 bits per heavy atom. The lowest BCUT2D eigenvalue weighted by Crippen LogP contribution is -2.47. The monoisotopic (exact) mass is 244 g/mol. The van der Waals surface area contributed by atoms with Crippen molar-refractivity contribution in [2.75, 3.05) is 19.8 Å². The molecule has 0 rings (SSSR count). The first kappa shape index (κ1) is 16.2. The van der Waals surface area contributed by atoms with Crippen molar-refractivity contribution in [2.45, 2.75) is 53.5 Å². The van der Waals surface area contributed by atoms with E-state index in [1.807, 2.05) is 20.8 Å². The van der Waals surface area contributed by atoms with Gasteiger partial charge in [0.1, 0.15) is 0 Å². The van der Waals surface area contributed by atoms with Gasteiger partial charge in [0, 0.05) is 18.7 Å². The maximum absolute atomic E-state index is 11.4. The summed E-state index contributed by atoms with van der Waals surface area (Å²) in [6, 6.07) is -0.142. The molecule has 0 atom stereocenters. The van der Waals surface area contributed by atoms with E-state index >= 15 is 0 Å². The molecule has 0 bridgehead atoms. The van der Waals surface area contributed by atoms with Crippen molar-refractivity contribution < 1.29 is 9.53 Å². The van der Waals surface area contributed by atoms with Crippen molar-refractivity contribution in [3.05, 3.63) is 0 Å². The minimum Gasteiger partial charge on any atom is -0.380 e. The zero-order chi connectivity index (χ0) is 13.5. The summed E-state index contributed by atoms with van der Waals surface area (Å²) in [5.41, 5.74) is 0.105. The molecule has 0 aromatic rings. The number of amides is 2. The van der Waals surface area contributed by atoms with Gasteiger partial charge in [-0.1, -0.05) is 20.8 Å². The molecule has 0 aliphatic heterocycles. The smallest absolute Gasteiger partial charge is 0.315 e. The molecule has 0 heterocycles. The third-order valence-corrected chi connectivity index (χ3v) is 2.02. The summed E-state index contributed by atoms with van der Waals surface area (Å²) in [6.45, 7) is 14.3. The quantitative estimate of drug-likeness (QED) is 0.730. The minimum absolute atomic E-state index is 0.142. The predicted molar refractivity (Wildman–Crippen MR) is 71.2 cm³/mol. The normalized spacial score (nSPS) is 12.4. The van der Waals surface area contributed by atoms with E-state index in [0.717, 1.165) is 13.0 Å². The average Bonchev–Trinajstić information content (AvgIpc) is 2.06. The predicted octanol–water partition coefficient (Wildman–Crippen LogP) is 2.54. The molecule has 0 aliphatic rings. The summed E-state index contributed by atoms with van der Waals surface area (Å²) < 4.78 is 5.45. The summed E-state index contributed by atoms with van der Waals surface area (Å²) >= 11 is 0. The molecule has 0 aromatic carbocycles. The lowest BCUT2D eigenvalue weighted by Gasteiger charge is -2.21. The van der Waals surface area contributed by atoms with Crippen LogP contribution in [0.1, 0.15) is 48.0 Å². The van der Waals surface area contributed by atoms with Crippen LogP contribution in [0.2, 0.25) is 0 Å². The zero-order valence-corrected chi connectivity index (χ0v) is 12.1. The van der Waals surface area contributed by atoms with E-state index in [4.69, 9.17) is 4.74 Å². The number of carbonyl (C=O) groups is 1. The van der Waals surface area contributed by atoms with Gasteiger partial charge in [-0.15, -0.1) is 0 Å². The van der Waals surface area contributed by atoms with Gasteiger partial charge < -0.3 is 15.4 Å². The van der Waals surface area contributed by atoms with E-state index in [9.17, 15) is 4.79 Å². The molecular formula is C13H28N2O2. The number of nitrogens with one attached hydrogen (secondary N) is 2. The molecule has 0 aromatic heterocycles. The molecule has 0 aliphatic carbocycles. The Morgan fingerprint density at radius 2 is 1.65 bits per heavy atom. The lowest BCUT2D eigenvalue weighted by molar-refractivity contribution is 0.110. The van der Waals surface area contributed by atoms with Crippen molar-refractivity contribution in [2.24, 2.45) is 5.41 Å². The van der Waals surface area contributed by atoms with Crippen LogP contribution in [-0.2, 0) is 4.74 Å². The number of hydrogen-bond donors (Lipinski definition) is 2.